The summed E-state index contributed by atoms with van der Waals surface area (Å²) in [7, 11) is 0. The lowest BCUT2D eigenvalue weighted by molar-refractivity contribution is -0.144. The van der Waals surface area contributed by atoms with Crippen LogP contribution in [0.2, 0.25) is 5.02 Å². The van der Waals surface area contributed by atoms with Crippen molar-refractivity contribution in [2.24, 2.45) is 17.8 Å². The number of rotatable bonds is 12. The molecule has 2 amide bonds. The van der Waals surface area contributed by atoms with E-state index in [0.29, 0.717) is 65.7 Å². The molecule has 3 aromatic carbocycles. The van der Waals surface area contributed by atoms with Gasteiger partial charge in [0.1, 0.15) is 23.7 Å². The molecule has 9 rings (SSSR count). The minimum absolute atomic E-state index is 0.0255. The lowest BCUT2D eigenvalue weighted by Crippen LogP contribution is -2.54. The van der Waals surface area contributed by atoms with Crippen LogP contribution in [0, 0.1) is 42.9 Å². The first kappa shape index (κ1) is 46.8. The summed E-state index contributed by atoms with van der Waals surface area (Å²) in [5, 5.41) is 25.0. The van der Waals surface area contributed by atoms with E-state index >= 15 is 0 Å². The molecule has 2 N–H and O–H groups in total. The summed E-state index contributed by atoms with van der Waals surface area (Å²) >= 11 is 6.24. The molecule has 356 valence electrons. The maximum Gasteiger partial charge on any atom is 0.453 e. The number of likely N-dealkylation sites (tertiary alicyclic amines) is 2. The number of hydrogen-bond donors (Lipinski definition) is 2. The van der Waals surface area contributed by atoms with Crippen molar-refractivity contribution in [3.8, 4) is 23.0 Å². The van der Waals surface area contributed by atoms with Crippen LogP contribution in [0.1, 0.15) is 76.3 Å². The Bertz CT molecular complexity index is 3050. The van der Waals surface area contributed by atoms with Gasteiger partial charge in [-0.25, -0.2) is 14.6 Å². The molecule has 15 nitrogen and oxygen atoms in total. The van der Waals surface area contributed by atoms with Crippen LogP contribution in [0.5, 0.6) is 0 Å². The third-order valence-corrected chi connectivity index (χ3v) is 13.7. The van der Waals surface area contributed by atoms with Crippen LogP contribution in [0.3, 0.4) is 0 Å². The molecule has 0 spiro atoms. The number of alkyl halides is 3. The second kappa shape index (κ2) is 19.4. The van der Waals surface area contributed by atoms with Crippen LogP contribution in [-0.4, -0.2) is 94.4 Å². The number of carbonyl (C=O) groups excluding carboxylic acids is 2. The molecule has 19 heteroatoms. The van der Waals surface area contributed by atoms with Gasteiger partial charge in [-0.3, -0.25) is 14.3 Å². The van der Waals surface area contributed by atoms with Crippen LogP contribution < -0.4 is 10.6 Å². The third kappa shape index (κ3) is 9.87. The number of aromatic nitrogens is 7. The van der Waals surface area contributed by atoms with E-state index in [4.69, 9.17) is 21.1 Å². The molecule has 0 bridgehead atoms. The van der Waals surface area contributed by atoms with Crippen molar-refractivity contribution in [3.05, 3.63) is 130 Å². The van der Waals surface area contributed by atoms with E-state index in [9.17, 15) is 28.0 Å². The predicted molar refractivity (Wildman–Crippen MR) is 254 cm³/mol. The molecule has 2 saturated heterocycles. The number of oxazole rings is 1. The van der Waals surface area contributed by atoms with Gasteiger partial charge in [-0.05, 0) is 105 Å². The summed E-state index contributed by atoms with van der Waals surface area (Å²) in [6, 6.07) is 23.2. The molecule has 2 aliphatic heterocycles. The van der Waals surface area contributed by atoms with E-state index < -0.39 is 18.0 Å². The number of anilines is 2. The highest BCUT2D eigenvalue weighted by atomic mass is 35.5. The number of nitrogens with zero attached hydrogens (tertiary/aromatic N) is 10. The Morgan fingerprint density at radius 2 is 1.64 bits per heavy atom. The number of nitrogens with one attached hydrogen (secondary N) is 2. The van der Waals surface area contributed by atoms with Crippen molar-refractivity contribution in [1.29, 1.82) is 5.26 Å². The normalized spacial score (nSPS) is 19.7. The largest absolute Gasteiger partial charge is 0.453 e. The molecule has 0 aliphatic carbocycles. The van der Waals surface area contributed by atoms with Crippen LogP contribution >= 0.6 is 11.6 Å². The summed E-state index contributed by atoms with van der Waals surface area (Å²) in [5.74, 6) is -1.11. The lowest BCUT2D eigenvalue weighted by atomic mass is 9.80. The summed E-state index contributed by atoms with van der Waals surface area (Å²) in [4.78, 5) is 45.9. The number of amides is 2. The molecule has 0 saturated carbocycles. The first-order valence-electron chi connectivity index (χ1n) is 22.9. The van der Waals surface area contributed by atoms with E-state index in [1.165, 1.54) is 6.20 Å². The number of hydrogen-bond acceptors (Lipinski definition) is 11. The fourth-order valence-electron chi connectivity index (χ4n) is 9.72. The Morgan fingerprint density at radius 1 is 0.884 bits per heavy atom. The SMILES string of the molecule is Cc1ccc(-c2ccnn2CC2CCN(C(=O)c3cc(C)ccc3-n3cnc(C(F)(F)F)n3)C(CNc3nc4cc(Cl)ccc4o3)C2C)c(C(=O)N2CCCC(C)C2CNc2ccc(C#N)cn2)c1. The smallest absolute Gasteiger partial charge is 0.424 e. The van der Waals surface area contributed by atoms with Gasteiger partial charge < -0.3 is 24.9 Å². The van der Waals surface area contributed by atoms with Gasteiger partial charge in [0.05, 0.1) is 34.6 Å². The van der Waals surface area contributed by atoms with E-state index in [1.807, 2.05) is 47.7 Å². The quantitative estimate of drug-likeness (QED) is 0.119. The summed E-state index contributed by atoms with van der Waals surface area (Å²) < 4.78 is 49.8. The average Bonchev–Trinajstić information content (AvgIpc) is 4.12. The lowest BCUT2D eigenvalue weighted by Gasteiger charge is -2.44. The average molecular weight is 959 g/mol. The van der Waals surface area contributed by atoms with Crippen molar-refractivity contribution in [2.45, 2.75) is 71.8 Å². The van der Waals surface area contributed by atoms with Crippen molar-refractivity contribution >= 4 is 46.3 Å². The first-order valence-corrected chi connectivity index (χ1v) is 23.3. The minimum Gasteiger partial charge on any atom is -0.424 e. The monoisotopic (exact) mass is 958 g/mol. The zero-order chi connectivity index (χ0) is 48.6. The number of benzene rings is 3. The van der Waals surface area contributed by atoms with Gasteiger partial charge in [-0.15, -0.1) is 5.10 Å². The topological polar surface area (TPSA) is 176 Å². The van der Waals surface area contributed by atoms with Gasteiger partial charge in [0.15, 0.2) is 5.58 Å². The van der Waals surface area contributed by atoms with E-state index in [0.717, 1.165) is 46.2 Å². The Kier molecular flexibility index (Phi) is 13.2. The number of carbonyl (C=O) groups is 2. The number of piperidine rings is 2. The minimum atomic E-state index is -4.77. The van der Waals surface area contributed by atoms with Crippen LogP contribution in [0.4, 0.5) is 25.0 Å². The van der Waals surface area contributed by atoms with Crippen LogP contribution in [-0.2, 0) is 12.7 Å². The molecule has 69 heavy (non-hydrogen) atoms. The second-order valence-electron chi connectivity index (χ2n) is 18.1. The maximum absolute atomic E-state index is 14.9. The molecule has 4 aromatic heterocycles. The molecule has 0 radical (unpaired) electrons. The van der Waals surface area contributed by atoms with E-state index in [1.54, 1.807) is 59.6 Å². The fourth-order valence-corrected chi connectivity index (χ4v) is 9.88. The fraction of sp³-hybridized carbons (Fsp3) is 0.360. The number of pyridine rings is 1. The van der Waals surface area contributed by atoms with Gasteiger partial charge in [0.25, 0.3) is 23.7 Å². The molecular formula is C50H50ClF3N12O3. The molecule has 6 heterocycles. The van der Waals surface area contributed by atoms with Crippen molar-refractivity contribution < 1.29 is 27.2 Å². The molecule has 7 aromatic rings. The first-order chi connectivity index (χ1) is 33.1. The van der Waals surface area contributed by atoms with Gasteiger partial charge >= 0.3 is 6.18 Å². The highest BCUT2D eigenvalue weighted by molar-refractivity contribution is 6.31. The highest BCUT2D eigenvalue weighted by Gasteiger charge is 2.41. The summed E-state index contributed by atoms with van der Waals surface area (Å²) in [5.41, 5.74) is 5.70. The Labute approximate surface area is 401 Å². The van der Waals surface area contributed by atoms with Gasteiger partial charge in [0, 0.05) is 61.3 Å². The third-order valence-electron chi connectivity index (χ3n) is 13.5. The van der Waals surface area contributed by atoms with Gasteiger partial charge in [-0.2, -0.15) is 28.5 Å². The molecule has 5 unspecified atom stereocenters. The molecular weight excluding hydrogens is 909 g/mol. The Hall–Kier alpha value is -7.26. The van der Waals surface area contributed by atoms with Gasteiger partial charge in [0.2, 0.25) is 0 Å². The zero-order valence-electron chi connectivity index (χ0n) is 38.4. The second-order valence-corrected chi connectivity index (χ2v) is 18.5. The summed E-state index contributed by atoms with van der Waals surface area (Å²) in [6.07, 6.45) is 1.88. The van der Waals surface area contributed by atoms with Gasteiger partial charge in [-0.1, -0.05) is 54.8 Å². The number of fused-ring (bicyclic) bond motifs is 1. The number of aryl methyl sites for hydroxylation is 2. The van der Waals surface area contributed by atoms with Crippen molar-refractivity contribution in [2.75, 3.05) is 36.8 Å². The maximum atomic E-state index is 14.9. The molecule has 2 fully saturated rings. The number of halogens is 4. The Morgan fingerprint density at radius 3 is 2.39 bits per heavy atom. The van der Waals surface area contributed by atoms with E-state index in [2.05, 4.69) is 50.6 Å². The standard InChI is InChI=1S/C50H50ClF3N12O3/c1-29-7-11-36(37(20-29)46(67)63-18-5-6-31(3)42(63)25-57-45-14-9-33(23-55)24-56-45)41-15-17-60-65(41)27-34-16-19-64(43(32(34)4)26-58-49-61-39-22-35(51)10-13-44(39)69-49)47(68)38-21-30(2)8-12-40(38)66-28-59-48(62-66)50(52,53)54/h7-15,17,20-22,24,28,31-32,34,42-43H,5-6,16,18-19,25-27H2,1-4H3,(H,56,57)(H,58,61). The number of nitriles is 1. The predicted octanol–water partition coefficient (Wildman–Crippen LogP) is 9.46. The zero-order valence-corrected chi connectivity index (χ0v) is 39.2. The molecule has 5 atom stereocenters. The van der Waals surface area contributed by atoms with E-state index in [-0.39, 0.29) is 59.4 Å². The van der Waals surface area contributed by atoms with Crippen molar-refractivity contribution in [1.82, 2.24) is 44.3 Å². The van der Waals surface area contributed by atoms with Crippen LogP contribution in [0.15, 0.2) is 95.9 Å². The van der Waals surface area contributed by atoms with Crippen LogP contribution in [0.25, 0.3) is 28.0 Å². The summed E-state index contributed by atoms with van der Waals surface area (Å²) in [6.45, 7) is 10.1. The highest BCUT2D eigenvalue weighted by Crippen LogP contribution is 2.36. The van der Waals surface area contributed by atoms with Crippen molar-refractivity contribution in [3.63, 3.8) is 0 Å². The molecule has 2 aliphatic rings. The Balaban J connectivity index is 0.996.